The Kier molecular flexibility index (Phi) is 3.91. The molecule has 0 unspecified atom stereocenters. The van der Waals surface area contributed by atoms with Gasteiger partial charge in [0.25, 0.3) is 0 Å². The van der Waals surface area contributed by atoms with Crippen molar-refractivity contribution in [2.24, 2.45) is 0 Å². The number of amides is 1. The van der Waals surface area contributed by atoms with E-state index in [0.717, 1.165) is 12.8 Å². The van der Waals surface area contributed by atoms with Crippen molar-refractivity contribution in [3.05, 3.63) is 34.6 Å². The minimum Gasteiger partial charge on any atom is -0.337 e. The molecule has 1 aromatic carbocycles. The van der Waals surface area contributed by atoms with E-state index in [-0.39, 0.29) is 18.4 Å². The van der Waals surface area contributed by atoms with E-state index in [9.17, 15) is 9.18 Å². The van der Waals surface area contributed by atoms with Gasteiger partial charge in [0.15, 0.2) is 0 Å². The van der Waals surface area contributed by atoms with E-state index in [1.165, 1.54) is 6.07 Å². The quantitative estimate of drug-likeness (QED) is 0.820. The Morgan fingerprint density at radius 3 is 2.67 bits per heavy atom. The van der Waals surface area contributed by atoms with E-state index in [1.807, 2.05) is 18.7 Å². The zero-order chi connectivity index (χ0) is 13.3. The lowest BCUT2D eigenvalue weighted by molar-refractivity contribution is -0.132. The molecule has 0 spiro atoms. The largest absolute Gasteiger partial charge is 0.337 e. The molecular formula is C14H17ClFNO. The van der Waals surface area contributed by atoms with Crippen LogP contribution < -0.4 is 0 Å². The van der Waals surface area contributed by atoms with E-state index >= 15 is 0 Å². The lowest BCUT2D eigenvalue weighted by atomic mass is 10.1. The van der Waals surface area contributed by atoms with Gasteiger partial charge in [-0.2, -0.15) is 0 Å². The summed E-state index contributed by atoms with van der Waals surface area (Å²) in [4.78, 5) is 14.1. The fourth-order valence-electron chi connectivity index (χ4n) is 2.21. The molecule has 1 saturated carbocycles. The van der Waals surface area contributed by atoms with Crippen LogP contribution in [0.1, 0.15) is 32.3 Å². The standard InChI is InChI=1S/C14H17ClFNO/c1-9(2)17(10-6-7-10)14(18)8-11-12(15)4-3-5-13(11)16/h3-5,9-10H,6-8H2,1-2H3. The number of rotatable bonds is 4. The van der Waals surface area contributed by atoms with Crippen molar-refractivity contribution in [1.82, 2.24) is 4.90 Å². The number of carbonyl (C=O) groups is 1. The van der Waals surface area contributed by atoms with E-state index < -0.39 is 5.82 Å². The Morgan fingerprint density at radius 1 is 1.50 bits per heavy atom. The number of hydrogen-bond acceptors (Lipinski definition) is 1. The van der Waals surface area contributed by atoms with Gasteiger partial charge in [0.2, 0.25) is 5.91 Å². The second-order valence-corrected chi connectivity index (χ2v) is 5.41. The van der Waals surface area contributed by atoms with Gasteiger partial charge in [0.05, 0.1) is 6.42 Å². The molecule has 0 saturated heterocycles. The highest BCUT2D eigenvalue weighted by Gasteiger charge is 2.34. The number of nitrogens with zero attached hydrogens (tertiary/aromatic N) is 1. The minimum atomic E-state index is -0.407. The van der Waals surface area contributed by atoms with E-state index in [1.54, 1.807) is 12.1 Å². The Morgan fingerprint density at radius 2 is 2.17 bits per heavy atom. The van der Waals surface area contributed by atoms with Gasteiger partial charge >= 0.3 is 0 Å². The first-order valence-electron chi connectivity index (χ1n) is 6.24. The number of halogens is 2. The average molecular weight is 270 g/mol. The normalized spacial score (nSPS) is 14.9. The Hall–Kier alpha value is -1.09. The third kappa shape index (κ3) is 2.83. The summed E-state index contributed by atoms with van der Waals surface area (Å²) in [5.41, 5.74) is 0.301. The third-order valence-electron chi connectivity index (χ3n) is 3.17. The van der Waals surface area contributed by atoms with Crippen LogP contribution >= 0.6 is 11.6 Å². The smallest absolute Gasteiger partial charge is 0.227 e. The molecule has 0 N–H and O–H groups in total. The highest BCUT2D eigenvalue weighted by Crippen LogP contribution is 2.30. The first-order valence-corrected chi connectivity index (χ1v) is 6.62. The summed E-state index contributed by atoms with van der Waals surface area (Å²) in [6.07, 6.45) is 2.14. The molecule has 4 heteroatoms. The fraction of sp³-hybridized carbons (Fsp3) is 0.500. The van der Waals surface area contributed by atoms with E-state index in [0.29, 0.717) is 16.6 Å². The molecule has 1 aliphatic rings. The zero-order valence-electron chi connectivity index (χ0n) is 10.6. The van der Waals surface area contributed by atoms with Crippen LogP contribution in [0.4, 0.5) is 4.39 Å². The molecule has 0 heterocycles. The first-order chi connectivity index (χ1) is 8.50. The summed E-state index contributed by atoms with van der Waals surface area (Å²) >= 11 is 5.94. The maximum Gasteiger partial charge on any atom is 0.227 e. The molecule has 18 heavy (non-hydrogen) atoms. The summed E-state index contributed by atoms with van der Waals surface area (Å²) in [5.74, 6) is -0.449. The van der Waals surface area contributed by atoms with Gasteiger partial charge in [-0.3, -0.25) is 4.79 Å². The summed E-state index contributed by atoms with van der Waals surface area (Å²) in [5, 5.41) is 0.322. The summed E-state index contributed by atoms with van der Waals surface area (Å²) in [7, 11) is 0. The van der Waals surface area contributed by atoms with Crippen molar-refractivity contribution in [3.8, 4) is 0 Å². The molecule has 1 aliphatic carbocycles. The first kappa shape index (κ1) is 13.3. The van der Waals surface area contributed by atoms with Crippen molar-refractivity contribution in [1.29, 1.82) is 0 Å². The summed E-state index contributed by atoms with van der Waals surface area (Å²) in [6.45, 7) is 3.97. The molecule has 0 atom stereocenters. The van der Waals surface area contributed by atoms with Crippen LogP contribution in [0.25, 0.3) is 0 Å². The molecular weight excluding hydrogens is 253 g/mol. The van der Waals surface area contributed by atoms with Crippen molar-refractivity contribution in [2.75, 3.05) is 0 Å². The highest BCUT2D eigenvalue weighted by molar-refractivity contribution is 6.31. The molecule has 0 aliphatic heterocycles. The predicted molar refractivity (Wildman–Crippen MR) is 70.1 cm³/mol. The molecule has 0 aromatic heterocycles. The SMILES string of the molecule is CC(C)N(C(=O)Cc1c(F)cccc1Cl)C1CC1. The van der Waals surface area contributed by atoms with Crippen LogP contribution in [0.3, 0.4) is 0 Å². The summed E-state index contributed by atoms with van der Waals surface area (Å²) < 4.78 is 13.6. The minimum absolute atomic E-state index is 0.0419. The van der Waals surface area contributed by atoms with Crippen molar-refractivity contribution in [3.63, 3.8) is 0 Å². The van der Waals surface area contributed by atoms with Gasteiger partial charge in [-0.1, -0.05) is 17.7 Å². The lowest BCUT2D eigenvalue weighted by Crippen LogP contribution is -2.39. The fourth-order valence-corrected chi connectivity index (χ4v) is 2.44. The van der Waals surface area contributed by atoms with Crippen LogP contribution in [-0.2, 0) is 11.2 Å². The van der Waals surface area contributed by atoms with Gasteiger partial charge in [-0.25, -0.2) is 4.39 Å². The van der Waals surface area contributed by atoms with Gasteiger partial charge in [-0.05, 0) is 38.8 Å². The maximum absolute atomic E-state index is 13.6. The zero-order valence-corrected chi connectivity index (χ0v) is 11.4. The van der Waals surface area contributed by atoms with Crippen LogP contribution in [0.15, 0.2) is 18.2 Å². The van der Waals surface area contributed by atoms with Gasteiger partial charge in [0.1, 0.15) is 5.82 Å². The second kappa shape index (κ2) is 5.27. The van der Waals surface area contributed by atoms with Crippen LogP contribution in [0.5, 0.6) is 0 Å². The molecule has 1 aromatic rings. The summed E-state index contributed by atoms with van der Waals surface area (Å²) in [6, 6.07) is 4.99. The molecule has 0 bridgehead atoms. The monoisotopic (exact) mass is 269 g/mol. The van der Waals surface area contributed by atoms with Crippen molar-refractivity contribution >= 4 is 17.5 Å². The van der Waals surface area contributed by atoms with E-state index in [2.05, 4.69) is 0 Å². The highest BCUT2D eigenvalue weighted by atomic mass is 35.5. The molecule has 98 valence electrons. The Bertz CT molecular complexity index is 435. The maximum atomic E-state index is 13.6. The third-order valence-corrected chi connectivity index (χ3v) is 3.53. The van der Waals surface area contributed by atoms with Gasteiger partial charge < -0.3 is 4.90 Å². The average Bonchev–Trinajstić information content (AvgIpc) is 3.07. The van der Waals surface area contributed by atoms with Gasteiger partial charge in [-0.15, -0.1) is 0 Å². The lowest BCUT2D eigenvalue weighted by Gasteiger charge is -2.27. The second-order valence-electron chi connectivity index (χ2n) is 5.00. The molecule has 2 rings (SSSR count). The Labute approximate surface area is 112 Å². The molecule has 0 radical (unpaired) electrons. The van der Waals surface area contributed by atoms with Crippen molar-refractivity contribution in [2.45, 2.75) is 45.2 Å². The van der Waals surface area contributed by atoms with E-state index in [4.69, 9.17) is 11.6 Å². The number of hydrogen-bond donors (Lipinski definition) is 0. The number of benzene rings is 1. The molecule has 2 nitrogen and oxygen atoms in total. The Balaban J connectivity index is 2.15. The number of carbonyl (C=O) groups excluding carboxylic acids is 1. The van der Waals surface area contributed by atoms with Crippen LogP contribution in [-0.4, -0.2) is 22.9 Å². The van der Waals surface area contributed by atoms with Crippen molar-refractivity contribution < 1.29 is 9.18 Å². The predicted octanol–water partition coefficient (Wildman–Crippen LogP) is 3.42. The molecule has 1 amide bonds. The topological polar surface area (TPSA) is 20.3 Å². The molecule has 1 fully saturated rings. The van der Waals surface area contributed by atoms with Crippen LogP contribution in [0, 0.1) is 5.82 Å². The van der Waals surface area contributed by atoms with Gasteiger partial charge in [0, 0.05) is 22.7 Å². The van der Waals surface area contributed by atoms with Crippen LogP contribution in [0.2, 0.25) is 5.02 Å².